The fourth-order valence-corrected chi connectivity index (χ4v) is 1.22. The van der Waals surface area contributed by atoms with Crippen molar-refractivity contribution < 1.29 is 24.1 Å². The molecule has 0 aliphatic rings. The Morgan fingerprint density at radius 2 is 2.21 bits per heavy atom. The van der Waals surface area contributed by atoms with Crippen molar-refractivity contribution in [2.45, 2.75) is 0 Å². The lowest BCUT2D eigenvalue weighted by Crippen LogP contribution is -2.02. The van der Waals surface area contributed by atoms with Crippen LogP contribution in [-0.4, -0.2) is 23.3 Å². The van der Waals surface area contributed by atoms with Crippen LogP contribution in [-0.2, 0) is 0 Å². The lowest BCUT2D eigenvalue weighted by Gasteiger charge is -2.08. The number of halogens is 2. The molecule has 14 heavy (non-hydrogen) atoms. The van der Waals surface area contributed by atoms with Gasteiger partial charge >= 0.3 is 5.97 Å². The summed E-state index contributed by atoms with van der Waals surface area (Å²) in [4.78, 5) is 10.6. The van der Waals surface area contributed by atoms with Gasteiger partial charge in [0.1, 0.15) is 10.6 Å². The normalized spacial score (nSPS) is 9.93. The van der Waals surface area contributed by atoms with Gasteiger partial charge in [0, 0.05) is 0 Å². The second kappa shape index (κ2) is 3.71. The molecule has 76 valence electrons. The molecule has 2 N–H and O–H groups in total. The summed E-state index contributed by atoms with van der Waals surface area (Å²) in [6.07, 6.45) is 0. The SMILES string of the molecule is COc1c(C(=O)O)cc(F)c(O)c1Cl. The molecule has 0 aliphatic heterocycles. The third kappa shape index (κ3) is 1.58. The summed E-state index contributed by atoms with van der Waals surface area (Å²) in [7, 11) is 1.17. The van der Waals surface area contributed by atoms with Crippen molar-refractivity contribution in [3.63, 3.8) is 0 Å². The van der Waals surface area contributed by atoms with E-state index in [0.29, 0.717) is 6.07 Å². The van der Waals surface area contributed by atoms with Gasteiger partial charge in [-0.1, -0.05) is 11.6 Å². The second-order valence-corrected chi connectivity index (χ2v) is 2.78. The van der Waals surface area contributed by atoms with Crippen molar-refractivity contribution in [2.24, 2.45) is 0 Å². The van der Waals surface area contributed by atoms with Crippen molar-refractivity contribution >= 4 is 17.6 Å². The molecule has 1 aromatic carbocycles. The highest BCUT2D eigenvalue weighted by molar-refractivity contribution is 6.34. The number of methoxy groups -OCH3 is 1. The van der Waals surface area contributed by atoms with E-state index in [4.69, 9.17) is 21.8 Å². The predicted octanol–water partition coefficient (Wildman–Crippen LogP) is 1.89. The average molecular weight is 221 g/mol. The number of ether oxygens (including phenoxy) is 1. The molecule has 4 nitrogen and oxygen atoms in total. The highest BCUT2D eigenvalue weighted by atomic mass is 35.5. The Bertz CT molecular complexity index is 391. The molecule has 0 unspecified atom stereocenters. The lowest BCUT2D eigenvalue weighted by atomic mass is 10.2. The molecular formula is C8H6ClFO4. The maximum atomic E-state index is 12.9. The number of phenolic OH excluding ortho intramolecular Hbond substituents is 1. The van der Waals surface area contributed by atoms with Gasteiger partial charge in [-0.3, -0.25) is 0 Å². The van der Waals surface area contributed by atoms with Crippen molar-refractivity contribution in [2.75, 3.05) is 7.11 Å². The van der Waals surface area contributed by atoms with Crippen LogP contribution in [0.4, 0.5) is 4.39 Å². The van der Waals surface area contributed by atoms with E-state index in [1.807, 2.05) is 0 Å². The third-order valence-corrected chi connectivity index (χ3v) is 1.93. The number of phenols is 1. The van der Waals surface area contributed by atoms with E-state index in [2.05, 4.69) is 4.74 Å². The van der Waals surface area contributed by atoms with Gasteiger partial charge in [0.25, 0.3) is 0 Å². The molecule has 0 atom stereocenters. The molecule has 0 amide bonds. The van der Waals surface area contributed by atoms with Gasteiger partial charge in [-0.25, -0.2) is 9.18 Å². The van der Waals surface area contributed by atoms with Crippen LogP contribution in [0.1, 0.15) is 10.4 Å². The van der Waals surface area contributed by atoms with Crippen molar-refractivity contribution in [1.29, 1.82) is 0 Å². The Balaban J connectivity index is 3.51. The number of carbonyl (C=O) groups is 1. The topological polar surface area (TPSA) is 66.8 Å². The Morgan fingerprint density at radius 1 is 1.64 bits per heavy atom. The van der Waals surface area contributed by atoms with E-state index in [1.165, 1.54) is 7.11 Å². The van der Waals surface area contributed by atoms with Crippen molar-refractivity contribution in [3.05, 3.63) is 22.5 Å². The number of benzene rings is 1. The molecule has 0 spiro atoms. The lowest BCUT2D eigenvalue weighted by molar-refractivity contribution is 0.0692. The summed E-state index contributed by atoms with van der Waals surface area (Å²) < 4.78 is 17.5. The van der Waals surface area contributed by atoms with Crippen LogP contribution in [0, 0.1) is 5.82 Å². The number of hydrogen-bond acceptors (Lipinski definition) is 3. The standard InChI is InChI=1S/C8H6ClFO4/c1-14-7-3(8(12)13)2-4(10)6(11)5(7)9/h2,11H,1H3,(H,12,13). The molecule has 0 radical (unpaired) electrons. The number of rotatable bonds is 2. The van der Waals surface area contributed by atoms with E-state index in [1.54, 1.807) is 0 Å². The Kier molecular flexibility index (Phi) is 2.81. The second-order valence-electron chi connectivity index (χ2n) is 2.41. The number of aromatic hydroxyl groups is 1. The fourth-order valence-electron chi connectivity index (χ4n) is 0.950. The van der Waals surface area contributed by atoms with Gasteiger partial charge in [0.2, 0.25) is 0 Å². The van der Waals surface area contributed by atoms with Crippen LogP contribution in [0.2, 0.25) is 5.02 Å². The van der Waals surface area contributed by atoms with E-state index >= 15 is 0 Å². The van der Waals surface area contributed by atoms with Crippen LogP contribution in [0.25, 0.3) is 0 Å². The zero-order valence-electron chi connectivity index (χ0n) is 7.04. The molecule has 0 heterocycles. The zero-order chi connectivity index (χ0) is 10.9. The molecule has 6 heteroatoms. The van der Waals surface area contributed by atoms with Gasteiger partial charge in [-0.05, 0) is 6.07 Å². The first-order chi connectivity index (χ1) is 6.49. The summed E-state index contributed by atoms with van der Waals surface area (Å²) in [5.41, 5.74) is -0.437. The van der Waals surface area contributed by atoms with Gasteiger partial charge in [0.15, 0.2) is 17.3 Å². The third-order valence-electron chi connectivity index (χ3n) is 1.58. The molecule has 0 saturated heterocycles. The van der Waals surface area contributed by atoms with Crippen LogP contribution in [0.3, 0.4) is 0 Å². The van der Waals surface area contributed by atoms with Gasteiger partial charge < -0.3 is 14.9 Å². The van der Waals surface area contributed by atoms with Crippen molar-refractivity contribution in [3.8, 4) is 11.5 Å². The van der Waals surface area contributed by atoms with E-state index in [0.717, 1.165) is 0 Å². The maximum Gasteiger partial charge on any atom is 0.339 e. The Hall–Kier alpha value is -1.49. The van der Waals surface area contributed by atoms with E-state index in [9.17, 15) is 9.18 Å². The van der Waals surface area contributed by atoms with Crippen LogP contribution in [0.5, 0.6) is 11.5 Å². The van der Waals surface area contributed by atoms with Crippen LogP contribution in [0.15, 0.2) is 6.07 Å². The van der Waals surface area contributed by atoms with E-state index in [-0.39, 0.29) is 5.75 Å². The van der Waals surface area contributed by atoms with Crippen LogP contribution >= 0.6 is 11.6 Å². The number of carboxylic acids is 1. The molecular weight excluding hydrogens is 215 g/mol. The first-order valence-corrected chi connectivity index (χ1v) is 3.85. The summed E-state index contributed by atoms with van der Waals surface area (Å²) in [5.74, 6) is -3.58. The summed E-state index contributed by atoms with van der Waals surface area (Å²) in [6, 6.07) is 0.641. The Morgan fingerprint density at radius 3 is 2.64 bits per heavy atom. The number of hydrogen-bond donors (Lipinski definition) is 2. The van der Waals surface area contributed by atoms with Gasteiger partial charge in [-0.2, -0.15) is 0 Å². The van der Waals surface area contributed by atoms with Gasteiger partial charge in [0.05, 0.1) is 7.11 Å². The molecule has 0 fully saturated rings. The molecule has 0 aliphatic carbocycles. The number of aromatic carboxylic acids is 1. The van der Waals surface area contributed by atoms with Gasteiger partial charge in [-0.15, -0.1) is 0 Å². The summed E-state index contributed by atoms with van der Waals surface area (Å²) in [6.45, 7) is 0. The minimum atomic E-state index is -1.39. The number of carboxylic acid groups (broad SMARTS) is 1. The fraction of sp³-hybridized carbons (Fsp3) is 0.125. The predicted molar refractivity (Wildman–Crippen MR) is 46.6 cm³/mol. The van der Waals surface area contributed by atoms with Crippen molar-refractivity contribution in [1.82, 2.24) is 0 Å². The molecule has 0 aromatic heterocycles. The molecule has 1 rings (SSSR count). The molecule has 1 aromatic rings. The Labute approximate surface area is 83.5 Å². The summed E-state index contributed by atoms with van der Waals surface area (Å²) >= 11 is 5.47. The highest BCUT2D eigenvalue weighted by Gasteiger charge is 2.21. The first-order valence-electron chi connectivity index (χ1n) is 3.47. The zero-order valence-corrected chi connectivity index (χ0v) is 7.80. The smallest absolute Gasteiger partial charge is 0.339 e. The van der Waals surface area contributed by atoms with Crippen LogP contribution < -0.4 is 4.74 Å². The monoisotopic (exact) mass is 220 g/mol. The average Bonchev–Trinajstić information content (AvgIpc) is 2.13. The maximum absolute atomic E-state index is 12.9. The van der Waals surface area contributed by atoms with E-state index < -0.39 is 28.1 Å². The minimum Gasteiger partial charge on any atom is -0.504 e. The largest absolute Gasteiger partial charge is 0.504 e. The first kappa shape index (κ1) is 10.6. The highest BCUT2D eigenvalue weighted by Crippen LogP contribution is 2.38. The summed E-state index contributed by atoms with van der Waals surface area (Å²) in [5, 5.41) is 17.2. The quantitative estimate of drug-likeness (QED) is 0.799. The molecule has 0 bridgehead atoms. The minimum absolute atomic E-state index is 0.266. The molecule has 0 saturated carbocycles.